The van der Waals surface area contributed by atoms with Crippen LogP contribution >= 0.6 is 0 Å². The van der Waals surface area contributed by atoms with Crippen molar-refractivity contribution < 1.29 is 38.4 Å². The molecule has 0 aromatic heterocycles. The molecule has 10 heteroatoms. The van der Waals surface area contributed by atoms with Crippen LogP contribution in [0.5, 0.6) is 28.7 Å². The number of methoxy groups -OCH3 is 2. The molecule has 10 nitrogen and oxygen atoms in total. The van der Waals surface area contributed by atoms with Crippen molar-refractivity contribution in [3.05, 3.63) is 36.4 Å². The maximum Gasteiger partial charge on any atom is 0.231 e. The fraction of sp³-hybridized carbons (Fsp3) is 0.391. The molecule has 1 fully saturated rings. The second-order valence-electron chi connectivity index (χ2n) is 7.67. The molecule has 2 amide bonds. The average molecular weight is 458 g/mol. The Bertz CT molecular complexity index is 1030. The van der Waals surface area contributed by atoms with Crippen LogP contribution in [0, 0.1) is 5.92 Å². The van der Waals surface area contributed by atoms with Crippen molar-refractivity contribution >= 4 is 17.5 Å². The van der Waals surface area contributed by atoms with Gasteiger partial charge in [-0.1, -0.05) is 0 Å². The lowest BCUT2D eigenvalue weighted by Crippen LogP contribution is -2.39. The summed E-state index contributed by atoms with van der Waals surface area (Å²) in [6, 6.07) is 10.3. The summed E-state index contributed by atoms with van der Waals surface area (Å²) in [5.41, 5.74) is 0.550. The monoisotopic (exact) mass is 458 g/mol. The SMILES string of the molecule is COc1ccc(OC)c(N2CC(C(=O)NCC(O)COc3ccc4c(c3)OCO4)CC2=O)c1. The van der Waals surface area contributed by atoms with E-state index in [1.54, 1.807) is 36.4 Å². The van der Waals surface area contributed by atoms with E-state index in [1.165, 1.54) is 19.1 Å². The Labute approximate surface area is 190 Å². The van der Waals surface area contributed by atoms with Crippen LogP contribution in [0.1, 0.15) is 6.42 Å². The summed E-state index contributed by atoms with van der Waals surface area (Å²) in [5, 5.41) is 12.9. The third kappa shape index (κ3) is 5.06. The van der Waals surface area contributed by atoms with Gasteiger partial charge in [0.25, 0.3) is 0 Å². The van der Waals surface area contributed by atoms with Crippen molar-refractivity contribution in [2.45, 2.75) is 12.5 Å². The number of nitrogens with zero attached hydrogens (tertiary/aromatic N) is 1. The Morgan fingerprint density at radius 3 is 2.73 bits per heavy atom. The highest BCUT2D eigenvalue weighted by Gasteiger charge is 2.36. The number of amides is 2. The van der Waals surface area contributed by atoms with Gasteiger partial charge in [0.05, 0.1) is 25.8 Å². The molecule has 2 atom stereocenters. The Morgan fingerprint density at radius 2 is 1.94 bits per heavy atom. The zero-order valence-corrected chi connectivity index (χ0v) is 18.4. The Morgan fingerprint density at radius 1 is 1.15 bits per heavy atom. The zero-order chi connectivity index (χ0) is 23.4. The summed E-state index contributed by atoms with van der Waals surface area (Å²) >= 11 is 0. The first-order chi connectivity index (χ1) is 16.0. The highest BCUT2D eigenvalue weighted by molar-refractivity contribution is 6.01. The fourth-order valence-corrected chi connectivity index (χ4v) is 3.70. The minimum absolute atomic E-state index is 0.00342. The molecule has 0 bridgehead atoms. The standard InChI is InChI=1S/C23H26N2O8/c1-29-16-3-5-19(30-2)18(8-16)25-11-14(7-22(25)27)23(28)24-10-15(26)12-31-17-4-6-20-21(9-17)33-13-32-20/h3-6,8-9,14-15,26H,7,10-13H2,1-2H3,(H,24,28). The number of hydrogen-bond acceptors (Lipinski definition) is 8. The van der Waals surface area contributed by atoms with Gasteiger partial charge in [0.2, 0.25) is 18.6 Å². The van der Waals surface area contributed by atoms with Crippen molar-refractivity contribution in [2.75, 3.05) is 45.6 Å². The number of nitrogens with one attached hydrogen (secondary N) is 1. The molecule has 2 aliphatic rings. The van der Waals surface area contributed by atoms with E-state index in [0.717, 1.165) is 0 Å². The topological polar surface area (TPSA) is 116 Å². The van der Waals surface area contributed by atoms with Crippen molar-refractivity contribution in [2.24, 2.45) is 5.92 Å². The number of carbonyl (C=O) groups excluding carboxylic acids is 2. The average Bonchev–Trinajstić information content (AvgIpc) is 3.46. The first-order valence-corrected chi connectivity index (χ1v) is 10.5. The third-order valence-electron chi connectivity index (χ3n) is 5.47. The minimum Gasteiger partial charge on any atom is -0.497 e. The van der Waals surface area contributed by atoms with Gasteiger partial charge in [-0.05, 0) is 24.3 Å². The van der Waals surface area contributed by atoms with Gasteiger partial charge in [0.15, 0.2) is 11.5 Å². The molecule has 0 saturated carbocycles. The molecule has 2 aromatic carbocycles. The van der Waals surface area contributed by atoms with Gasteiger partial charge in [-0.25, -0.2) is 0 Å². The summed E-state index contributed by atoms with van der Waals surface area (Å²) < 4.78 is 26.7. The largest absolute Gasteiger partial charge is 0.497 e. The van der Waals surface area contributed by atoms with Crippen molar-refractivity contribution in [1.82, 2.24) is 5.32 Å². The summed E-state index contributed by atoms with van der Waals surface area (Å²) in [6.45, 7) is 0.352. The summed E-state index contributed by atoms with van der Waals surface area (Å²) in [5.74, 6) is 1.80. The predicted molar refractivity (Wildman–Crippen MR) is 117 cm³/mol. The van der Waals surface area contributed by atoms with E-state index in [4.69, 9.17) is 23.7 Å². The lowest BCUT2D eigenvalue weighted by atomic mass is 10.1. The normalized spacial score (nSPS) is 17.6. The van der Waals surface area contributed by atoms with Crippen LogP contribution in [-0.4, -0.2) is 63.7 Å². The van der Waals surface area contributed by atoms with Crippen LogP contribution < -0.4 is 33.9 Å². The van der Waals surface area contributed by atoms with Crippen LogP contribution in [0.4, 0.5) is 5.69 Å². The Hall–Kier alpha value is -3.66. The van der Waals surface area contributed by atoms with Gasteiger partial charge >= 0.3 is 0 Å². The lowest BCUT2D eigenvalue weighted by molar-refractivity contribution is -0.126. The highest BCUT2D eigenvalue weighted by Crippen LogP contribution is 2.36. The molecular formula is C23H26N2O8. The summed E-state index contributed by atoms with van der Waals surface area (Å²) in [6.07, 6.45) is -0.859. The van der Waals surface area contributed by atoms with E-state index in [2.05, 4.69) is 5.32 Å². The first kappa shape index (κ1) is 22.5. The lowest BCUT2D eigenvalue weighted by Gasteiger charge is -2.20. The molecule has 2 aromatic rings. The molecule has 4 rings (SSSR count). The van der Waals surface area contributed by atoms with Gasteiger partial charge in [-0.3, -0.25) is 9.59 Å². The highest BCUT2D eigenvalue weighted by atomic mass is 16.7. The summed E-state index contributed by atoms with van der Waals surface area (Å²) in [4.78, 5) is 26.7. The number of anilines is 1. The van der Waals surface area contributed by atoms with Gasteiger partial charge in [0, 0.05) is 31.6 Å². The van der Waals surface area contributed by atoms with Crippen molar-refractivity contribution in [3.8, 4) is 28.7 Å². The van der Waals surface area contributed by atoms with Crippen LogP contribution in [0.15, 0.2) is 36.4 Å². The van der Waals surface area contributed by atoms with Gasteiger partial charge in [0.1, 0.15) is 30.0 Å². The first-order valence-electron chi connectivity index (χ1n) is 10.5. The second-order valence-corrected chi connectivity index (χ2v) is 7.67. The number of ether oxygens (including phenoxy) is 5. The van der Waals surface area contributed by atoms with Crippen molar-refractivity contribution in [3.63, 3.8) is 0 Å². The summed E-state index contributed by atoms with van der Waals surface area (Å²) in [7, 11) is 3.05. The smallest absolute Gasteiger partial charge is 0.231 e. The van der Waals surface area contributed by atoms with Crippen LogP contribution in [0.25, 0.3) is 0 Å². The van der Waals surface area contributed by atoms with Crippen LogP contribution in [-0.2, 0) is 9.59 Å². The molecule has 0 aliphatic carbocycles. The predicted octanol–water partition coefficient (Wildman–Crippen LogP) is 1.34. The Kier molecular flexibility index (Phi) is 6.74. The molecule has 176 valence electrons. The molecule has 0 spiro atoms. The van der Waals surface area contributed by atoms with Gasteiger partial charge in [-0.15, -0.1) is 0 Å². The molecule has 0 radical (unpaired) electrons. The second kappa shape index (κ2) is 9.86. The Balaban J connectivity index is 1.28. The number of fused-ring (bicyclic) bond motifs is 1. The molecule has 33 heavy (non-hydrogen) atoms. The molecule has 2 N–H and O–H groups in total. The van der Waals surface area contributed by atoms with E-state index in [1.807, 2.05) is 0 Å². The molecule has 2 aliphatic heterocycles. The molecule has 2 heterocycles. The van der Waals surface area contributed by atoms with E-state index in [-0.39, 0.29) is 44.7 Å². The van der Waals surface area contributed by atoms with E-state index in [0.29, 0.717) is 34.4 Å². The zero-order valence-electron chi connectivity index (χ0n) is 18.4. The maximum atomic E-state index is 12.6. The van der Waals surface area contributed by atoms with Crippen LogP contribution in [0.2, 0.25) is 0 Å². The van der Waals surface area contributed by atoms with Gasteiger partial charge < -0.3 is 39.0 Å². The van der Waals surface area contributed by atoms with Crippen LogP contribution in [0.3, 0.4) is 0 Å². The number of carbonyl (C=O) groups is 2. The van der Waals surface area contributed by atoms with Gasteiger partial charge in [-0.2, -0.15) is 0 Å². The van der Waals surface area contributed by atoms with E-state index in [9.17, 15) is 14.7 Å². The minimum atomic E-state index is -0.925. The molecular weight excluding hydrogens is 432 g/mol. The van der Waals surface area contributed by atoms with E-state index >= 15 is 0 Å². The number of aliphatic hydroxyl groups excluding tert-OH is 1. The number of benzene rings is 2. The number of hydrogen-bond donors (Lipinski definition) is 2. The third-order valence-corrected chi connectivity index (χ3v) is 5.47. The maximum absolute atomic E-state index is 12.6. The number of rotatable bonds is 9. The fourth-order valence-electron chi connectivity index (χ4n) is 3.70. The molecule has 2 unspecified atom stereocenters. The molecule has 1 saturated heterocycles. The number of aliphatic hydroxyl groups is 1. The van der Waals surface area contributed by atoms with Crippen molar-refractivity contribution in [1.29, 1.82) is 0 Å². The van der Waals surface area contributed by atoms with E-state index < -0.39 is 12.0 Å². The quantitative estimate of drug-likeness (QED) is 0.579.